The lowest BCUT2D eigenvalue weighted by atomic mass is 10.1. The molecule has 0 aliphatic carbocycles. The molecule has 1 heterocycles. The third-order valence-electron chi connectivity index (χ3n) is 3.78. The Labute approximate surface area is 161 Å². The van der Waals surface area contributed by atoms with Gasteiger partial charge in [-0.15, -0.1) is 11.3 Å². The molecule has 8 heteroatoms. The number of thiophene rings is 1. The number of hydrogen-bond donors (Lipinski definition) is 2. The van der Waals surface area contributed by atoms with Gasteiger partial charge in [0.05, 0.1) is 12.2 Å². The summed E-state index contributed by atoms with van der Waals surface area (Å²) in [6.07, 6.45) is -0.344. The van der Waals surface area contributed by atoms with Gasteiger partial charge in [0, 0.05) is 0 Å². The number of nitrogens with one attached hydrogen (secondary N) is 1. The number of benzene rings is 1. The summed E-state index contributed by atoms with van der Waals surface area (Å²) < 4.78 is 10.7. The zero-order valence-corrected chi connectivity index (χ0v) is 16.2. The van der Waals surface area contributed by atoms with Gasteiger partial charge in [0.15, 0.2) is 6.10 Å². The summed E-state index contributed by atoms with van der Waals surface area (Å²) in [6.45, 7) is 5.29. The van der Waals surface area contributed by atoms with Crippen molar-refractivity contribution in [2.45, 2.75) is 33.3 Å². The summed E-state index contributed by atoms with van der Waals surface area (Å²) in [7, 11) is 0. The number of nitrogens with two attached hydrogens (primary N) is 1. The van der Waals surface area contributed by atoms with E-state index in [1.54, 1.807) is 38.1 Å². The molecular weight excluding hydrogens is 368 g/mol. The third-order valence-corrected chi connectivity index (χ3v) is 4.96. The molecule has 0 bridgehead atoms. The van der Waals surface area contributed by atoms with Gasteiger partial charge in [-0.1, -0.05) is 25.1 Å². The highest BCUT2D eigenvalue weighted by Gasteiger charge is 2.27. The quantitative estimate of drug-likeness (QED) is 0.673. The van der Waals surface area contributed by atoms with Crippen LogP contribution in [-0.4, -0.2) is 30.5 Å². The van der Waals surface area contributed by atoms with Crippen LogP contribution in [0.3, 0.4) is 0 Å². The monoisotopic (exact) mass is 390 g/mol. The molecule has 0 saturated heterocycles. The molecule has 3 N–H and O–H groups in total. The number of carbonyl (C=O) groups is 3. The maximum Gasteiger partial charge on any atom is 0.348 e. The smallest absolute Gasteiger partial charge is 0.348 e. The standard InChI is InChI=1S/C19H22N2O5S/c1-4-13(26-12-9-7-6-8-10-12)17(23)21-18-14(16(20)22)11(3)15(27-18)19(24)25-5-2/h6-10,13H,4-5H2,1-3H3,(H2,20,22)(H,21,23)/t13-/m1/s1. The first-order valence-corrected chi connectivity index (χ1v) is 9.33. The molecule has 27 heavy (non-hydrogen) atoms. The van der Waals surface area contributed by atoms with Crippen molar-refractivity contribution in [1.82, 2.24) is 0 Å². The Hall–Kier alpha value is -2.87. The second-order valence-electron chi connectivity index (χ2n) is 5.66. The van der Waals surface area contributed by atoms with Crippen molar-refractivity contribution in [3.8, 4) is 5.75 Å². The Morgan fingerprint density at radius 1 is 1.19 bits per heavy atom. The summed E-state index contributed by atoms with van der Waals surface area (Å²) in [5.41, 5.74) is 5.93. The normalized spacial score (nSPS) is 11.5. The lowest BCUT2D eigenvalue weighted by molar-refractivity contribution is -0.122. The molecule has 2 amide bonds. The van der Waals surface area contributed by atoms with Crippen LogP contribution in [0.25, 0.3) is 0 Å². The Morgan fingerprint density at radius 3 is 2.41 bits per heavy atom. The van der Waals surface area contributed by atoms with Crippen molar-refractivity contribution < 1.29 is 23.9 Å². The van der Waals surface area contributed by atoms with E-state index < -0.39 is 23.9 Å². The first kappa shape index (κ1) is 20.4. The van der Waals surface area contributed by atoms with Crippen LogP contribution in [0.5, 0.6) is 5.75 Å². The fourth-order valence-corrected chi connectivity index (χ4v) is 3.58. The minimum atomic E-state index is -0.762. The molecule has 0 aliphatic rings. The van der Waals surface area contributed by atoms with E-state index in [9.17, 15) is 14.4 Å². The summed E-state index contributed by atoms with van der Waals surface area (Å²) in [4.78, 5) is 36.8. The van der Waals surface area contributed by atoms with E-state index in [-0.39, 0.29) is 22.0 Å². The van der Waals surface area contributed by atoms with Gasteiger partial charge in [-0.05, 0) is 38.0 Å². The van der Waals surface area contributed by atoms with Crippen molar-refractivity contribution in [3.63, 3.8) is 0 Å². The number of carbonyl (C=O) groups excluding carboxylic acids is 3. The Bertz CT molecular complexity index is 832. The summed E-state index contributed by atoms with van der Waals surface area (Å²) in [6, 6.07) is 8.95. The zero-order valence-electron chi connectivity index (χ0n) is 15.4. The van der Waals surface area contributed by atoms with E-state index >= 15 is 0 Å². The predicted molar refractivity (Wildman–Crippen MR) is 103 cm³/mol. The number of anilines is 1. The Kier molecular flexibility index (Phi) is 6.95. The molecule has 0 unspecified atom stereocenters. The molecule has 2 rings (SSSR count). The summed E-state index contributed by atoms with van der Waals surface area (Å²) >= 11 is 0.962. The fraction of sp³-hybridized carbons (Fsp3) is 0.316. The molecule has 1 aromatic carbocycles. The maximum absolute atomic E-state index is 12.6. The van der Waals surface area contributed by atoms with E-state index in [0.717, 1.165) is 11.3 Å². The maximum atomic E-state index is 12.6. The van der Waals surface area contributed by atoms with Gasteiger partial charge >= 0.3 is 5.97 Å². The van der Waals surface area contributed by atoms with Crippen LogP contribution >= 0.6 is 11.3 Å². The van der Waals surface area contributed by atoms with Crippen LogP contribution in [-0.2, 0) is 9.53 Å². The van der Waals surface area contributed by atoms with Gasteiger partial charge in [-0.2, -0.15) is 0 Å². The van der Waals surface area contributed by atoms with Crippen LogP contribution < -0.4 is 15.8 Å². The summed E-state index contributed by atoms with van der Waals surface area (Å²) in [5.74, 6) is -1.16. The van der Waals surface area contributed by atoms with Crippen molar-refractivity contribution >= 4 is 34.1 Å². The van der Waals surface area contributed by atoms with Crippen LogP contribution in [0.4, 0.5) is 5.00 Å². The lowest BCUT2D eigenvalue weighted by Gasteiger charge is -2.17. The number of para-hydroxylation sites is 1. The average molecular weight is 390 g/mol. The number of rotatable bonds is 8. The van der Waals surface area contributed by atoms with E-state index in [0.29, 0.717) is 17.7 Å². The minimum absolute atomic E-state index is 0.103. The van der Waals surface area contributed by atoms with Crippen molar-refractivity contribution in [3.05, 3.63) is 46.3 Å². The van der Waals surface area contributed by atoms with Crippen molar-refractivity contribution in [1.29, 1.82) is 0 Å². The number of ether oxygens (including phenoxy) is 2. The van der Waals surface area contributed by atoms with Gasteiger partial charge < -0.3 is 20.5 Å². The van der Waals surface area contributed by atoms with Gasteiger partial charge in [-0.3, -0.25) is 9.59 Å². The van der Waals surface area contributed by atoms with Crippen LogP contribution in [0, 0.1) is 6.92 Å². The first-order valence-electron chi connectivity index (χ1n) is 8.51. The van der Waals surface area contributed by atoms with Crippen molar-refractivity contribution in [2.24, 2.45) is 5.73 Å². The first-order chi connectivity index (χ1) is 12.9. The largest absolute Gasteiger partial charge is 0.481 e. The molecule has 0 radical (unpaired) electrons. The zero-order chi connectivity index (χ0) is 20.0. The third kappa shape index (κ3) is 4.85. The summed E-state index contributed by atoms with van der Waals surface area (Å²) in [5, 5.41) is 2.88. The van der Waals surface area contributed by atoms with Crippen LogP contribution in [0.2, 0.25) is 0 Å². The van der Waals surface area contributed by atoms with Gasteiger partial charge in [0.2, 0.25) is 0 Å². The van der Waals surface area contributed by atoms with E-state index in [1.165, 1.54) is 0 Å². The van der Waals surface area contributed by atoms with Gasteiger partial charge in [-0.25, -0.2) is 4.79 Å². The molecule has 0 fully saturated rings. The average Bonchev–Trinajstić information content (AvgIpc) is 2.96. The Morgan fingerprint density at radius 2 is 1.85 bits per heavy atom. The second kappa shape index (κ2) is 9.18. The fourth-order valence-electron chi connectivity index (χ4n) is 2.47. The molecule has 7 nitrogen and oxygen atoms in total. The van der Waals surface area contributed by atoms with Crippen molar-refractivity contribution in [2.75, 3.05) is 11.9 Å². The molecule has 144 valence electrons. The van der Waals surface area contributed by atoms with Crippen LogP contribution in [0.1, 0.15) is 45.9 Å². The van der Waals surface area contributed by atoms with E-state index in [1.807, 2.05) is 13.0 Å². The molecule has 0 aliphatic heterocycles. The van der Waals surface area contributed by atoms with E-state index in [2.05, 4.69) is 5.32 Å². The molecule has 1 aromatic heterocycles. The molecule has 0 saturated carbocycles. The predicted octanol–water partition coefficient (Wildman–Crippen LogP) is 3.13. The lowest BCUT2D eigenvalue weighted by Crippen LogP contribution is -2.32. The van der Waals surface area contributed by atoms with E-state index in [4.69, 9.17) is 15.2 Å². The number of hydrogen-bond acceptors (Lipinski definition) is 6. The topological polar surface area (TPSA) is 108 Å². The number of primary amides is 1. The highest BCUT2D eigenvalue weighted by molar-refractivity contribution is 7.18. The highest BCUT2D eigenvalue weighted by atomic mass is 32.1. The SMILES string of the molecule is CCOC(=O)c1sc(NC(=O)[C@@H](CC)Oc2ccccc2)c(C(N)=O)c1C. The Balaban J connectivity index is 2.26. The second-order valence-corrected chi connectivity index (χ2v) is 6.68. The molecule has 1 atom stereocenters. The van der Waals surface area contributed by atoms with Gasteiger partial charge in [0.25, 0.3) is 11.8 Å². The number of amides is 2. The molecule has 0 spiro atoms. The molecule has 2 aromatic rings. The van der Waals surface area contributed by atoms with Crippen LogP contribution in [0.15, 0.2) is 30.3 Å². The number of esters is 1. The minimum Gasteiger partial charge on any atom is -0.481 e. The highest BCUT2D eigenvalue weighted by Crippen LogP contribution is 2.33. The molecular formula is C19H22N2O5S. The van der Waals surface area contributed by atoms with Gasteiger partial charge in [0.1, 0.15) is 15.6 Å².